The van der Waals surface area contributed by atoms with E-state index in [1.165, 1.54) is 6.08 Å². The molecule has 4 heterocycles. The summed E-state index contributed by atoms with van der Waals surface area (Å²) in [6.45, 7) is 4.50. The number of aryl methyl sites for hydroxylation is 2. The number of hydrogen-bond donors (Lipinski definition) is 1. The number of carbonyl (C=O) groups excluding carboxylic acids is 1. The fourth-order valence-electron chi connectivity index (χ4n) is 3.13. The van der Waals surface area contributed by atoms with Crippen LogP contribution < -0.4 is 5.32 Å². The van der Waals surface area contributed by atoms with Gasteiger partial charge < -0.3 is 10.2 Å². The first-order valence-corrected chi connectivity index (χ1v) is 10.7. The van der Waals surface area contributed by atoms with E-state index >= 15 is 0 Å². The molecule has 2 aromatic rings. The van der Waals surface area contributed by atoms with Gasteiger partial charge in [0.05, 0.1) is 17.0 Å². The summed E-state index contributed by atoms with van der Waals surface area (Å²) in [7, 11) is -3.41. The Morgan fingerprint density at radius 3 is 2.76 bits per heavy atom. The van der Waals surface area contributed by atoms with Crippen molar-refractivity contribution in [3.05, 3.63) is 65.3 Å². The summed E-state index contributed by atoms with van der Waals surface area (Å²) >= 11 is 0. The quantitative estimate of drug-likeness (QED) is 0.802. The van der Waals surface area contributed by atoms with Crippen molar-refractivity contribution in [1.29, 1.82) is 0 Å². The maximum absolute atomic E-state index is 12.5. The molecular formula is C19H20N6O3S. The standard InChI is InChI=1S/C19H20N6O3S/c1-13-9-14(2)25(22-13)17-5-3-15(10-20-17)11-21-19(26)16-4-6-18-23-29(27,28)8-7-24(18)12-16/h3-6,9-10,12H,7-8,11H2,1-2H3,(H,21,26). The summed E-state index contributed by atoms with van der Waals surface area (Å²) in [6.07, 6.45) is 6.43. The van der Waals surface area contributed by atoms with Crippen LogP contribution in [-0.2, 0) is 21.4 Å². The molecule has 9 nitrogen and oxygen atoms in total. The lowest BCUT2D eigenvalue weighted by molar-refractivity contribution is -0.117. The number of carbonyl (C=O) groups is 1. The van der Waals surface area contributed by atoms with Gasteiger partial charge in [0.15, 0.2) is 5.82 Å². The molecule has 0 saturated heterocycles. The molecule has 4 rings (SSSR count). The zero-order chi connectivity index (χ0) is 20.6. The van der Waals surface area contributed by atoms with Crippen LogP contribution in [0.15, 0.2) is 52.7 Å². The Hall–Kier alpha value is -3.27. The molecule has 2 aromatic heterocycles. The van der Waals surface area contributed by atoms with Crippen molar-refractivity contribution in [3.63, 3.8) is 0 Å². The molecule has 150 valence electrons. The number of sulfonamides is 1. The van der Waals surface area contributed by atoms with Crippen LogP contribution in [0, 0.1) is 13.8 Å². The van der Waals surface area contributed by atoms with Crippen molar-refractivity contribution in [2.75, 3.05) is 12.3 Å². The second-order valence-corrected chi connectivity index (χ2v) is 8.65. The normalized spacial score (nSPS) is 17.4. The van der Waals surface area contributed by atoms with Crippen LogP contribution in [0.2, 0.25) is 0 Å². The van der Waals surface area contributed by atoms with E-state index in [1.54, 1.807) is 28.1 Å². The summed E-state index contributed by atoms with van der Waals surface area (Å²) < 4.78 is 28.6. The molecule has 10 heteroatoms. The molecular weight excluding hydrogens is 392 g/mol. The minimum Gasteiger partial charge on any atom is -0.348 e. The molecule has 0 saturated carbocycles. The Balaban J connectivity index is 1.40. The van der Waals surface area contributed by atoms with Crippen molar-refractivity contribution in [1.82, 2.24) is 25.0 Å². The second kappa shape index (κ2) is 7.28. The number of rotatable bonds is 4. The smallest absolute Gasteiger partial charge is 0.256 e. The minimum atomic E-state index is -3.41. The average molecular weight is 412 g/mol. The molecule has 0 radical (unpaired) electrons. The third-order valence-corrected chi connectivity index (χ3v) is 5.74. The van der Waals surface area contributed by atoms with E-state index in [0.29, 0.717) is 18.0 Å². The molecule has 0 bridgehead atoms. The number of aromatic nitrogens is 3. The molecule has 0 aromatic carbocycles. The highest BCUT2D eigenvalue weighted by molar-refractivity contribution is 7.90. The molecule has 29 heavy (non-hydrogen) atoms. The van der Waals surface area contributed by atoms with Crippen LogP contribution in [0.5, 0.6) is 0 Å². The summed E-state index contributed by atoms with van der Waals surface area (Å²) in [4.78, 5) is 18.5. The van der Waals surface area contributed by atoms with E-state index in [-0.39, 0.29) is 18.2 Å². The summed E-state index contributed by atoms with van der Waals surface area (Å²) in [5.74, 6) is 0.729. The average Bonchev–Trinajstić information content (AvgIpc) is 3.03. The lowest BCUT2D eigenvalue weighted by Gasteiger charge is -2.26. The van der Waals surface area contributed by atoms with E-state index < -0.39 is 10.0 Å². The van der Waals surface area contributed by atoms with E-state index in [4.69, 9.17) is 0 Å². The molecule has 1 N–H and O–H groups in total. The first-order valence-electron chi connectivity index (χ1n) is 9.07. The molecule has 0 fully saturated rings. The van der Waals surface area contributed by atoms with Gasteiger partial charge in [-0.05, 0) is 43.7 Å². The second-order valence-electron chi connectivity index (χ2n) is 6.89. The Morgan fingerprint density at radius 1 is 1.24 bits per heavy atom. The van der Waals surface area contributed by atoms with Crippen molar-refractivity contribution in [3.8, 4) is 5.82 Å². The highest BCUT2D eigenvalue weighted by Gasteiger charge is 2.24. The molecule has 0 spiro atoms. The predicted molar refractivity (Wildman–Crippen MR) is 108 cm³/mol. The number of nitrogens with one attached hydrogen (secondary N) is 1. The molecule has 0 unspecified atom stereocenters. The van der Waals surface area contributed by atoms with Gasteiger partial charge in [-0.3, -0.25) is 4.79 Å². The van der Waals surface area contributed by atoms with E-state index in [9.17, 15) is 13.2 Å². The topological polar surface area (TPSA) is 110 Å². The van der Waals surface area contributed by atoms with Crippen molar-refractivity contribution in [2.45, 2.75) is 20.4 Å². The highest BCUT2D eigenvalue weighted by Crippen LogP contribution is 2.16. The van der Waals surface area contributed by atoms with Crippen LogP contribution >= 0.6 is 0 Å². The van der Waals surface area contributed by atoms with Gasteiger partial charge in [-0.25, -0.2) is 18.1 Å². The van der Waals surface area contributed by atoms with Gasteiger partial charge in [0.2, 0.25) is 0 Å². The van der Waals surface area contributed by atoms with Crippen LogP contribution in [0.1, 0.15) is 17.0 Å². The Labute approximate surface area is 168 Å². The maximum Gasteiger partial charge on any atom is 0.256 e. The lowest BCUT2D eigenvalue weighted by Crippen LogP contribution is -2.38. The number of fused-ring (bicyclic) bond motifs is 1. The Morgan fingerprint density at radius 2 is 2.07 bits per heavy atom. The van der Waals surface area contributed by atoms with Gasteiger partial charge in [-0.1, -0.05) is 6.07 Å². The van der Waals surface area contributed by atoms with Crippen LogP contribution in [0.4, 0.5) is 0 Å². The van der Waals surface area contributed by atoms with Gasteiger partial charge >= 0.3 is 0 Å². The zero-order valence-corrected chi connectivity index (χ0v) is 16.8. The molecule has 0 aliphatic carbocycles. The number of nitrogens with zero attached hydrogens (tertiary/aromatic N) is 5. The first-order chi connectivity index (χ1) is 13.8. The van der Waals surface area contributed by atoms with Gasteiger partial charge in [0, 0.05) is 31.2 Å². The fourth-order valence-corrected chi connectivity index (χ4v) is 4.10. The first kappa shape index (κ1) is 19.1. The van der Waals surface area contributed by atoms with E-state index in [2.05, 4.69) is 19.8 Å². The van der Waals surface area contributed by atoms with Crippen molar-refractivity contribution >= 4 is 21.8 Å². The van der Waals surface area contributed by atoms with E-state index in [1.807, 2.05) is 32.0 Å². The predicted octanol–water partition coefficient (Wildman–Crippen LogP) is 0.998. The Kier molecular flexibility index (Phi) is 4.79. The molecule has 2 aliphatic rings. The van der Waals surface area contributed by atoms with Crippen LogP contribution in [0.3, 0.4) is 0 Å². The highest BCUT2D eigenvalue weighted by atomic mass is 32.2. The number of amidine groups is 1. The maximum atomic E-state index is 12.5. The fraction of sp³-hybridized carbons (Fsp3) is 0.263. The van der Waals surface area contributed by atoms with Gasteiger partial charge in [0.1, 0.15) is 5.84 Å². The SMILES string of the molecule is Cc1cc(C)n(-c2ccc(CNC(=O)C3=CN4CCS(=O)(=O)N=C4C=C3)cn2)n1. The number of amides is 1. The number of hydrogen-bond acceptors (Lipinski definition) is 6. The molecule has 1 amide bonds. The number of pyridine rings is 1. The zero-order valence-electron chi connectivity index (χ0n) is 16.0. The summed E-state index contributed by atoms with van der Waals surface area (Å²) in [5, 5.41) is 7.25. The van der Waals surface area contributed by atoms with Crippen LogP contribution in [0.25, 0.3) is 5.82 Å². The lowest BCUT2D eigenvalue weighted by atomic mass is 10.1. The van der Waals surface area contributed by atoms with Crippen molar-refractivity contribution in [2.24, 2.45) is 4.40 Å². The third kappa shape index (κ3) is 4.11. The summed E-state index contributed by atoms with van der Waals surface area (Å²) in [5.41, 5.74) is 3.22. The van der Waals surface area contributed by atoms with Crippen LogP contribution in [-0.4, -0.2) is 52.1 Å². The monoisotopic (exact) mass is 412 g/mol. The Bertz CT molecular complexity index is 1160. The molecule has 0 atom stereocenters. The van der Waals surface area contributed by atoms with Gasteiger partial charge in [-0.2, -0.15) is 5.10 Å². The van der Waals surface area contributed by atoms with Gasteiger partial charge in [-0.15, -0.1) is 4.40 Å². The largest absolute Gasteiger partial charge is 0.348 e. The van der Waals surface area contributed by atoms with Gasteiger partial charge in [0.25, 0.3) is 15.9 Å². The van der Waals surface area contributed by atoms with E-state index in [0.717, 1.165) is 22.8 Å². The van der Waals surface area contributed by atoms with Crippen molar-refractivity contribution < 1.29 is 13.2 Å². The third-order valence-electron chi connectivity index (χ3n) is 4.57. The molecule has 2 aliphatic heterocycles. The minimum absolute atomic E-state index is 0.0665. The summed E-state index contributed by atoms with van der Waals surface area (Å²) in [6, 6.07) is 5.73.